The fourth-order valence-electron chi connectivity index (χ4n) is 2.49. The molecule has 0 saturated heterocycles. The number of Topliss-reactive ketones (excluding diaryl/α,β-unsaturated/α-hetero) is 1. The molecule has 0 fully saturated rings. The van der Waals surface area contributed by atoms with Crippen LogP contribution in [0.1, 0.15) is 30.6 Å². The maximum atomic E-state index is 12.2. The molecule has 0 aliphatic carbocycles. The van der Waals surface area contributed by atoms with E-state index in [1.807, 2.05) is 26.0 Å². The monoisotopic (exact) mass is 429 g/mol. The molecule has 0 aliphatic heterocycles. The number of carbonyl (C=O) groups excluding carboxylic acids is 2. The topological polar surface area (TPSA) is 56.3 Å². The van der Waals surface area contributed by atoms with Gasteiger partial charge in [-0.05, 0) is 38.1 Å². The third kappa shape index (κ3) is 4.26. The Morgan fingerprint density at radius 3 is 2.19 bits per heavy atom. The van der Waals surface area contributed by atoms with Crippen LogP contribution in [0.5, 0.6) is 0 Å². The highest BCUT2D eigenvalue weighted by molar-refractivity contribution is 9.10. The van der Waals surface area contributed by atoms with Crippen molar-refractivity contribution in [3.63, 3.8) is 0 Å². The van der Waals surface area contributed by atoms with E-state index >= 15 is 0 Å². The minimum absolute atomic E-state index is 0.240. The Labute approximate surface area is 164 Å². The van der Waals surface area contributed by atoms with E-state index in [0.29, 0.717) is 11.1 Å². The molecule has 0 atom stereocenters. The van der Waals surface area contributed by atoms with E-state index in [1.165, 1.54) is 0 Å². The second-order valence-electron chi connectivity index (χ2n) is 5.72. The maximum absolute atomic E-state index is 12.2. The molecule has 3 aromatic rings. The molecule has 0 N–H and O–H groups in total. The molecule has 26 heavy (non-hydrogen) atoms. The molecular formula is C20H16BrNO3S. The van der Waals surface area contributed by atoms with Crippen molar-refractivity contribution < 1.29 is 14.3 Å². The minimum atomic E-state index is -0.520. The summed E-state index contributed by atoms with van der Waals surface area (Å²) in [6.07, 6.45) is 0. The van der Waals surface area contributed by atoms with Crippen LogP contribution in [0.25, 0.3) is 11.3 Å². The summed E-state index contributed by atoms with van der Waals surface area (Å²) in [7, 11) is 0. The third-order valence-electron chi connectivity index (χ3n) is 3.80. The highest BCUT2D eigenvalue weighted by atomic mass is 79.9. The number of aromatic nitrogens is 1. The molecule has 0 amide bonds. The molecule has 1 aromatic heterocycles. The number of nitrogens with zero attached hydrogens (tertiary/aromatic N) is 1. The number of halogens is 1. The molecule has 0 radical (unpaired) electrons. The highest BCUT2D eigenvalue weighted by Crippen LogP contribution is 2.27. The molecule has 3 rings (SSSR count). The first-order chi connectivity index (χ1) is 12.4. The summed E-state index contributed by atoms with van der Waals surface area (Å²) in [4.78, 5) is 29.9. The zero-order chi connectivity index (χ0) is 18.7. The van der Waals surface area contributed by atoms with Gasteiger partial charge >= 0.3 is 5.97 Å². The van der Waals surface area contributed by atoms with Crippen molar-refractivity contribution >= 4 is 39.0 Å². The van der Waals surface area contributed by atoms with Gasteiger partial charge in [-0.15, -0.1) is 11.3 Å². The smallest absolute Gasteiger partial charge is 0.338 e. The zero-order valence-electron chi connectivity index (χ0n) is 14.3. The molecule has 6 heteroatoms. The number of ketones is 1. The van der Waals surface area contributed by atoms with E-state index < -0.39 is 5.97 Å². The number of carbonyl (C=O) groups is 2. The van der Waals surface area contributed by atoms with Gasteiger partial charge in [0.15, 0.2) is 12.4 Å². The Balaban J connectivity index is 1.64. The molecule has 0 spiro atoms. The van der Waals surface area contributed by atoms with E-state index in [9.17, 15) is 9.59 Å². The molecule has 1 heterocycles. The molecule has 2 aromatic carbocycles. The Morgan fingerprint density at radius 2 is 1.62 bits per heavy atom. The fourth-order valence-corrected chi connectivity index (χ4v) is 3.60. The summed E-state index contributed by atoms with van der Waals surface area (Å²) in [5, 5.41) is 1.01. The summed E-state index contributed by atoms with van der Waals surface area (Å²) in [6, 6.07) is 14.0. The van der Waals surface area contributed by atoms with Crippen molar-refractivity contribution in [3.05, 3.63) is 74.0 Å². The number of ether oxygens (including phenoxy) is 1. The SMILES string of the molecule is Cc1nc(-c2ccc(C(=O)OCC(=O)c3ccc(Br)cc3)cc2)c(C)s1. The van der Waals surface area contributed by atoms with E-state index in [0.717, 1.165) is 25.6 Å². The number of benzene rings is 2. The van der Waals surface area contributed by atoms with Crippen LogP contribution in [0, 0.1) is 13.8 Å². The van der Waals surface area contributed by atoms with E-state index in [4.69, 9.17) is 4.74 Å². The third-order valence-corrected chi connectivity index (χ3v) is 5.21. The van der Waals surface area contributed by atoms with Crippen LogP contribution in [-0.4, -0.2) is 23.3 Å². The zero-order valence-corrected chi connectivity index (χ0v) is 16.7. The van der Waals surface area contributed by atoms with Gasteiger partial charge < -0.3 is 4.74 Å². The summed E-state index contributed by atoms with van der Waals surface area (Å²) in [5.41, 5.74) is 2.79. The average molecular weight is 430 g/mol. The normalized spacial score (nSPS) is 10.6. The average Bonchev–Trinajstić information content (AvgIpc) is 2.98. The highest BCUT2D eigenvalue weighted by Gasteiger charge is 2.13. The largest absolute Gasteiger partial charge is 0.454 e. The summed E-state index contributed by atoms with van der Waals surface area (Å²) in [6.45, 7) is 3.71. The number of hydrogen-bond acceptors (Lipinski definition) is 5. The number of thiazole rings is 1. The van der Waals surface area contributed by atoms with Crippen molar-refractivity contribution in [2.75, 3.05) is 6.61 Å². The van der Waals surface area contributed by atoms with Gasteiger partial charge in [0, 0.05) is 20.5 Å². The number of esters is 1. The molecule has 132 valence electrons. The lowest BCUT2D eigenvalue weighted by Crippen LogP contribution is -2.14. The van der Waals surface area contributed by atoms with Crippen molar-refractivity contribution in [1.82, 2.24) is 4.98 Å². The Kier molecular flexibility index (Phi) is 5.64. The maximum Gasteiger partial charge on any atom is 0.338 e. The molecule has 4 nitrogen and oxygen atoms in total. The van der Waals surface area contributed by atoms with Gasteiger partial charge in [-0.1, -0.05) is 40.2 Å². The number of rotatable bonds is 5. The molecule has 0 saturated carbocycles. The lowest BCUT2D eigenvalue weighted by molar-refractivity contribution is 0.0475. The lowest BCUT2D eigenvalue weighted by atomic mass is 10.1. The molecule has 0 aliphatic rings. The van der Waals surface area contributed by atoms with Crippen LogP contribution in [0.2, 0.25) is 0 Å². The van der Waals surface area contributed by atoms with Crippen LogP contribution in [0.3, 0.4) is 0 Å². The first-order valence-corrected chi connectivity index (χ1v) is 9.55. The molecule has 0 bridgehead atoms. The second-order valence-corrected chi connectivity index (χ2v) is 8.04. The van der Waals surface area contributed by atoms with Crippen LogP contribution in [0.4, 0.5) is 0 Å². The molecular weight excluding hydrogens is 414 g/mol. The van der Waals surface area contributed by atoms with Gasteiger partial charge in [-0.2, -0.15) is 0 Å². The van der Waals surface area contributed by atoms with Crippen LogP contribution >= 0.6 is 27.3 Å². The Morgan fingerprint density at radius 1 is 1.00 bits per heavy atom. The minimum Gasteiger partial charge on any atom is -0.454 e. The summed E-state index contributed by atoms with van der Waals surface area (Å²) >= 11 is 4.96. The lowest BCUT2D eigenvalue weighted by Gasteiger charge is -2.06. The van der Waals surface area contributed by atoms with Crippen LogP contribution in [0.15, 0.2) is 53.0 Å². The van der Waals surface area contributed by atoms with Crippen molar-refractivity contribution in [2.24, 2.45) is 0 Å². The quantitative estimate of drug-likeness (QED) is 0.411. The van der Waals surface area contributed by atoms with Crippen molar-refractivity contribution in [3.8, 4) is 11.3 Å². The van der Waals surface area contributed by atoms with Gasteiger partial charge in [0.1, 0.15) is 0 Å². The van der Waals surface area contributed by atoms with E-state index in [2.05, 4.69) is 20.9 Å². The summed E-state index contributed by atoms with van der Waals surface area (Å²) < 4.78 is 6.02. The molecule has 0 unspecified atom stereocenters. The fraction of sp³-hybridized carbons (Fsp3) is 0.150. The standard InChI is InChI=1S/C20H16BrNO3S/c1-12-19(22-13(2)26-12)15-3-5-16(6-4-15)20(24)25-11-18(23)14-7-9-17(21)10-8-14/h3-10H,11H2,1-2H3. The van der Waals surface area contributed by atoms with Gasteiger partial charge in [0.05, 0.1) is 16.3 Å². The Hall–Kier alpha value is -2.31. The van der Waals surface area contributed by atoms with Gasteiger partial charge in [-0.3, -0.25) is 4.79 Å². The first kappa shape index (κ1) is 18.5. The van der Waals surface area contributed by atoms with Crippen LogP contribution in [-0.2, 0) is 4.74 Å². The number of aryl methyl sites for hydroxylation is 2. The van der Waals surface area contributed by atoms with E-state index in [1.54, 1.807) is 47.7 Å². The van der Waals surface area contributed by atoms with Gasteiger partial charge in [0.2, 0.25) is 0 Å². The number of hydrogen-bond donors (Lipinski definition) is 0. The second kappa shape index (κ2) is 7.93. The van der Waals surface area contributed by atoms with Crippen LogP contribution < -0.4 is 0 Å². The summed E-state index contributed by atoms with van der Waals surface area (Å²) in [5.74, 6) is -0.760. The first-order valence-electron chi connectivity index (χ1n) is 7.94. The van der Waals surface area contributed by atoms with Gasteiger partial charge in [-0.25, -0.2) is 9.78 Å². The Bertz CT molecular complexity index is 946. The van der Waals surface area contributed by atoms with Crippen molar-refractivity contribution in [1.29, 1.82) is 0 Å². The predicted octanol–water partition coefficient (Wildman–Crippen LogP) is 5.23. The van der Waals surface area contributed by atoms with Crippen molar-refractivity contribution in [2.45, 2.75) is 13.8 Å². The van der Waals surface area contributed by atoms with Gasteiger partial charge in [0.25, 0.3) is 0 Å². The van der Waals surface area contributed by atoms with E-state index in [-0.39, 0.29) is 12.4 Å². The predicted molar refractivity (Wildman–Crippen MR) is 106 cm³/mol.